The molecule has 0 radical (unpaired) electrons. The highest BCUT2D eigenvalue weighted by Gasteiger charge is 2.47. The Labute approximate surface area is 94.3 Å². The Morgan fingerprint density at radius 2 is 2.31 bits per heavy atom. The maximum absolute atomic E-state index is 11.2. The summed E-state index contributed by atoms with van der Waals surface area (Å²) in [5.41, 5.74) is 0. The van der Waals surface area contributed by atoms with Crippen LogP contribution in [0, 0.1) is 17.8 Å². The first kappa shape index (κ1) is 10.9. The summed E-state index contributed by atoms with van der Waals surface area (Å²) in [6.45, 7) is 2.12. The van der Waals surface area contributed by atoms with Crippen molar-refractivity contribution in [3.63, 3.8) is 0 Å². The first-order valence-electron chi connectivity index (χ1n) is 5.38. The van der Waals surface area contributed by atoms with Gasteiger partial charge in [-0.15, -0.1) is 0 Å². The number of carbonyl (C=O) groups excluding carboxylic acids is 2. The molecule has 1 fully saturated rings. The molecule has 0 aromatic rings. The fourth-order valence-corrected chi connectivity index (χ4v) is 2.47. The molecule has 1 N–H and O–H groups in total. The zero-order valence-electron chi connectivity index (χ0n) is 9.34. The average Bonchev–Trinajstić information content (AvgIpc) is 2.28. The van der Waals surface area contributed by atoms with Crippen molar-refractivity contribution in [2.75, 3.05) is 7.11 Å². The van der Waals surface area contributed by atoms with Gasteiger partial charge in [-0.3, -0.25) is 4.79 Å². The summed E-state index contributed by atoms with van der Waals surface area (Å²) in [5, 5.41) is 2.91. The zero-order chi connectivity index (χ0) is 11.7. The van der Waals surface area contributed by atoms with Crippen LogP contribution in [-0.4, -0.2) is 25.0 Å². The Kier molecular flexibility index (Phi) is 2.81. The predicted molar refractivity (Wildman–Crippen MR) is 58.4 cm³/mol. The van der Waals surface area contributed by atoms with Gasteiger partial charge in [-0.05, 0) is 12.0 Å². The maximum atomic E-state index is 11.2. The number of ether oxygens (including phenoxy) is 1. The Balaban J connectivity index is 2.03. The van der Waals surface area contributed by atoms with E-state index >= 15 is 0 Å². The van der Waals surface area contributed by atoms with Crippen molar-refractivity contribution in [3.8, 4) is 0 Å². The minimum absolute atomic E-state index is 0.0513. The van der Waals surface area contributed by atoms with Crippen molar-refractivity contribution in [3.05, 3.63) is 24.3 Å². The van der Waals surface area contributed by atoms with Gasteiger partial charge in [0.2, 0.25) is 5.91 Å². The molecule has 1 amide bonds. The second kappa shape index (κ2) is 4.12. The summed E-state index contributed by atoms with van der Waals surface area (Å²) >= 11 is 0. The average molecular weight is 221 g/mol. The van der Waals surface area contributed by atoms with E-state index in [1.165, 1.54) is 13.2 Å². The first-order valence-corrected chi connectivity index (χ1v) is 5.38. The third-order valence-electron chi connectivity index (χ3n) is 3.48. The first-order chi connectivity index (χ1) is 7.63. The summed E-state index contributed by atoms with van der Waals surface area (Å²) in [6.07, 6.45) is 6.80. The van der Waals surface area contributed by atoms with Crippen molar-refractivity contribution >= 4 is 11.9 Å². The van der Waals surface area contributed by atoms with Gasteiger partial charge in [0, 0.05) is 24.0 Å². The van der Waals surface area contributed by atoms with Gasteiger partial charge in [-0.25, -0.2) is 4.79 Å². The Morgan fingerprint density at radius 3 is 3.00 bits per heavy atom. The van der Waals surface area contributed by atoms with Crippen molar-refractivity contribution in [2.24, 2.45) is 17.8 Å². The molecule has 1 aliphatic carbocycles. The lowest BCUT2D eigenvalue weighted by atomic mass is 9.60. The molecule has 1 heterocycles. The number of carbonyl (C=O) groups is 2. The number of hydrogen-bond acceptors (Lipinski definition) is 3. The third-order valence-corrected chi connectivity index (χ3v) is 3.48. The van der Waals surface area contributed by atoms with Crippen LogP contribution in [0.4, 0.5) is 0 Å². The van der Waals surface area contributed by atoms with E-state index in [1.807, 2.05) is 12.2 Å². The quantitative estimate of drug-likeness (QED) is 0.550. The highest BCUT2D eigenvalue weighted by Crippen LogP contribution is 2.43. The van der Waals surface area contributed by atoms with E-state index in [0.29, 0.717) is 11.8 Å². The molecule has 86 valence electrons. The van der Waals surface area contributed by atoms with Crippen molar-refractivity contribution in [1.82, 2.24) is 5.32 Å². The number of methoxy groups -OCH3 is 1. The van der Waals surface area contributed by atoms with E-state index in [9.17, 15) is 9.59 Å². The van der Waals surface area contributed by atoms with Crippen LogP contribution in [0.1, 0.15) is 6.92 Å². The second-order valence-electron chi connectivity index (χ2n) is 4.29. The van der Waals surface area contributed by atoms with E-state index in [2.05, 4.69) is 17.0 Å². The fourth-order valence-electron chi connectivity index (χ4n) is 2.47. The van der Waals surface area contributed by atoms with Gasteiger partial charge in [0.1, 0.15) is 0 Å². The monoisotopic (exact) mass is 221 g/mol. The predicted octanol–water partition coefficient (Wildman–Crippen LogP) is 0.652. The normalized spacial score (nSPS) is 36.5. The number of nitrogens with one attached hydrogen (secondary N) is 1. The SMILES string of the molecule is COC(=O)/C=C/[C@@H]1[C@@H](C)[C@@H]2C=CC(=O)N[C@@H]21. The van der Waals surface area contributed by atoms with E-state index in [-0.39, 0.29) is 23.8 Å². The van der Waals surface area contributed by atoms with Gasteiger partial charge in [-0.2, -0.15) is 0 Å². The van der Waals surface area contributed by atoms with E-state index in [4.69, 9.17) is 0 Å². The molecule has 0 unspecified atom stereocenters. The van der Waals surface area contributed by atoms with Crippen LogP contribution >= 0.6 is 0 Å². The van der Waals surface area contributed by atoms with E-state index < -0.39 is 0 Å². The van der Waals surface area contributed by atoms with Crippen molar-refractivity contribution in [1.29, 1.82) is 0 Å². The lowest BCUT2D eigenvalue weighted by Gasteiger charge is -2.50. The summed E-state index contributed by atoms with van der Waals surface area (Å²) in [4.78, 5) is 22.2. The van der Waals surface area contributed by atoms with Gasteiger partial charge in [0.15, 0.2) is 0 Å². The highest BCUT2D eigenvalue weighted by molar-refractivity contribution is 5.89. The molecule has 1 aliphatic heterocycles. The van der Waals surface area contributed by atoms with Crippen LogP contribution in [0.3, 0.4) is 0 Å². The number of amides is 1. The van der Waals surface area contributed by atoms with E-state index in [0.717, 1.165) is 0 Å². The molecule has 16 heavy (non-hydrogen) atoms. The summed E-state index contributed by atoms with van der Waals surface area (Å²) in [7, 11) is 1.35. The van der Waals surface area contributed by atoms with Gasteiger partial charge in [-0.1, -0.05) is 19.1 Å². The molecule has 1 saturated carbocycles. The Hall–Kier alpha value is -1.58. The second-order valence-corrected chi connectivity index (χ2v) is 4.29. The minimum atomic E-state index is -0.353. The molecular weight excluding hydrogens is 206 g/mol. The molecule has 2 rings (SSSR count). The number of fused-ring (bicyclic) bond motifs is 1. The Morgan fingerprint density at radius 1 is 1.56 bits per heavy atom. The topological polar surface area (TPSA) is 55.4 Å². The van der Waals surface area contributed by atoms with Gasteiger partial charge >= 0.3 is 5.97 Å². The molecule has 4 heteroatoms. The zero-order valence-corrected chi connectivity index (χ0v) is 9.34. The van der Waals surface area contributed by atoms with Gasteiger partial charge < -0.3 is 10.1 Å². The molecule has 4 nitrogen and oxygen atoms in total. The molecular formula is C12H15NO3. The van der Waals surface area contributed by atoms with Crippen molar-refractivity contribution < 1.29 is 14.3 Å². The van der Waals surface area contributed by atoms with Crippen LogP contribution in [0.5, 0.6) is 0 Å². The van der Waals surface area contributed by atoms with E-state index in [1.54, 1.807) is 6.08 Å². The van der Waals surface area contributed by atoms with Crippen LogP contribution in [0.25, 0.3) is 0 Å². The molecule has 2 aliphatic rings. The van der Waals surface area contributed by atoms with Gasteiger partial charge in [0.05, 0.1) is 7.11 Å². The molecule has 0 bridgehead atoms. The van der Waals surface area contributed by atoms with Crippen LogP contribution < -0.4 is 5.32 Å². The summed E-state index contributed by atoms with van der Waals surface area (Å²) < 4.78 is 4.53. The lowest BCUT2D eigenvalue weighted by Crippen LogP contribution is -2.59. The van der Waals surface area contributed by atoms with Crippen molar-refractivity contribution in [2.45, 2.75) is 13.0 Å². The number of esters is 1. The molecule has 0 aromatic heterocycles. The van der Waals surface area contributed by atoms with Crippen LogP contribution in [-0.2, 0) is 14.3 Å². The lowest BCUT2D eigenvalue weighted by molar-refractivity contribution is -0.134. The maximum Gasteiger partial charge on any atom is 0.330 e. The standard InChI is InChI=1S/C12H15NO3/c1-7-8-3-5-10(14)13-12(8)9(7)4-6-11(15)16-2/h3-9,12H,1-2H3,(H,13,14)/b6-4+/t7-,8-,9+,12-/m0/s1. The minimum Gasteiger partial charge on any atom is -0.466 e. The molecule has 0 aromatic carbocycles. The van der Waals surface area contributed by atoms with Crippen LogP contribution in [0.15, 0.2) is 24.3 Å². The smallest absolute Gasteiger partial charge is 0.330 e. The molecule has 4 atom stereocenters. The molecule has 0 saturated heterocycles. The fraction of sp³-hybridized carbons (Fsp3) is 0.500. The largest absolute Gasteiger partial charge is 0.466 e. The summed E-state index contributed by atoms with van der Waals surface area (Å²) in [5.74, 6) is 0.656. The third kappa shape index (κ3) is 1.75. The number of rotatable bonds is 2. The van der Waals surface area contributed by atoms with Crippen LogP contribution in [0.2, 0.25) is 0 Å². The van der Waals surface area contributed by atoms with Gasteiger partial charge in [0.25, 0.3) is 0 Å². The number of hydrogen-bond donors (Lipinski definition) is 1. The Bertz CT molecular complexity index is 372. The molecule has 0 spiro atoms. The summed E-state index contributed by atoms with van der Waals surface area (Å²) in [6, 6.07) is 0.133. The highest BCUT2D eigenvalue weighted by atomic mass is 16.5.